The van der Waals surface area contributed by atoms with Crippen molar-refractivity contribution >= 4 is 28.8 Å². The van der Waals surface area contributed by atoms with Crippen LogP contribution in [0, 0.1) is 0 Å². The standard InChI is InChI=1S/C19H20N4O4S/c1-21-16(9-15(20-21)12-4-3-5-14(8-12)27-2)18(25)22-7-6-13(10-22)23-17(24)11-28-19(23)26/h3-5,8-9,13H,6-7,10-11H2,1-2H3. The molecule has 3 heterocycles. The van der Waals surface area contributed by atoms with E-state index in [9.17, 15) is 14.4 Å². The minimum atomic E-state index is -0.245. The molecular weight excluding hydrogens is 380 g/mol. The number of hydrogen-bond donors (Lipinski definition) is 0. The summed E-state index contributed by atoms with van der Waals surface area (Å²) in [7, 11) is 3.33. The summed E-state index contributed by atoms with van der Waals surface area (Å²) in [5.74, 6) is 0.583. The molecule has 3 amide bonds. The Labute approximate surface area is 166 Å². The molecule has 1 aromatic carbocycles. The van der Waals surface area contributed by atoms with Gasteiger partial charge in [-0.1, -0.05) is 23.9 Å². The molecular formula is C19H20N4O4S. The first-order valence-electron chi connectivity index (χ1n) is 8.94. The average molecular weight is 400 g/mol. The lowest BCUT2D eigenvalue weighted by Crippen LogP contribution is -2.41. The van der Waals surface area contributed by atoms with Gasteiger partial charge in [0, 0.05) is 25.7 Å². The summed E-state index contributed by atoms with van der Waals surface area (Å²) in [4.78, 5) is 39.9. The van der Waals surface area contributed by atoms with Crippen molar-refractivity contribution in [1.29, 1.82) is 0 Å². The molecule has 2 aromatic rings. The highest BCUT2D eigenvalue weighted by atomic mass is 32.2. The van der Waals surface area contributed by atoms with Gasteiger partial charge in [0.25, 0.3) is 11.1 Å². The number of nitrogens with zero attached hydrogens (tertiary/aromatic N) is 4. The second kappa shape index (κ2) is 7.31. The van der Waals surface area contributed by atoms with E-state index in [4.69, 9.17) is 4.74 Å². The van der Waals surface area contributed by atoms with Gasteiger partial charge < -0.3 is 9.64 Å². The summed E-state index contributed by atoms with van der Waals surface area (Å²) >= 11 is 1.02. The van der Waals surface area contributed by atoms with Crippen LogP contribution in [-0.4, -0.2) is 68.6 Å². The van der Waals surface area contributed by atoms with E-state index in [1.54, 1.807) is 29.8 Å². The normalized spacial score (nSPS) is 19.6. The fourth-order valence-electron chi connectivity index (χ4n) is 3.61. The predicted octanol–water partition coefficient (Wildman–Crippen LogP) is 2.01. The Balaban J connectivity index is 1.52. The van der Waals surface area contributed by atoms with Crippen molar-refractivity contribution in [3.63, 3.8) is 0 Å². The van der Waals surface area contributed by atoms with Gasteiger partial charge in [0.1, 0.15) is 11.4 Å². The number of carbonyl (C=O) groups excluding carboxylic acids is 3. The molecule has 0 N–H and O–H groups in total. The van der Waals surface area contributed by atoms with E-state index in [1.165, 1.54) is 4.90 Å². The smallest absolute Gasteiger partial charge is 0.289 e. The van der Waals surface area contributed by atoms with Crippen LogP contribution in [0.25, 0.3) is 11.3 Å². The van der Waals surface area contributed by atoms with E-state index in [0.717, 1.165) is 23.1 Å². The largest absolute Gasteiger partial charge is 0.497 e. The van der Waals surface area contributed by atoms with Gasteiger partial charge in [-0.25, -0.2) is 0 Å². The molecule has 8 nitrogen and oxygen atoms in total. The molecule has 0 bridgehead atoms. The lowest BCUT2D eigenvalue weighted by Gasteiger charge is -2.21. The van der Waals surface area contributed by atoms with Crippen LogP contribution in [0.4, 0.5) is 4.79 Å². The highest BCUT2D eigenvalue weighted by Gasteiger charge is 2.40. The highest BCUT2D eigenvalue weighted by Crippen LogP contribution is 2.28. The van der Waals surface area contributed by atoms with Crippen LogP contribution < -0.4 is 4.74 Å². The van der Waals surface area contributed by atoms with Crippen LogP contribution in [0.1, 0.15) is 16.9 Å². The number of aromatic nitrogens is 2. The first-order chi connectivity index (χ1) is 13.5. The lowest BCUT2D eigenvalue weighted by atomic mass is 10.1. The van der Waals surface area contributed by atoms with Crippen molar-refractivity contribution in [1.82, 2.24) is 19.6 Å². The molecule has 9 heteroatoms. The third-order valence-electron chi connectivity index (χ3n) is 5.06. The fourth-order valence-corrected chi connectivity index (χ4v) is 4.38. The molecule has 4 rings (SSSR count). The Bertz CT molecular complexity index is 941. The van der Waals surface area contributed by atoms with Gasteiger partial charge in [-0.2, -0.15) is 5.10 Å². The molecule has 146 valence electrons. The Kier molecular flexibility index (Phi) is 4.84. The number of benzene rings is 1. The first kappa shape index (κ1) is 18.5. The zero-order valence-electron chi connectivity index (χ0n) is 15.6. The first-order valence-corrected chi connectivity index (χ1v) is 9.93. The highest BCUT2D eigenvalue weighted by molar-refractivity contribution is 8.14. The molecule has 28 heavy (non-hydrogen) atoms. The molecule has 0 aliphatic carbocycles. The van der Waals surface area contributed by atoms with E-state index in [0.29, 0.717) is 30.9 Å². The van der Waals surface area contributed by atoms with Gasteiger partial charge in [-0.05, 0) is 24.6 Å². The molecule has 2 aliphatic rings. The van der Waals surface area contributed by atoms with E-state index in [2.05, 4.69) is 5.10 Å². The van der Waals surface area contributed by atoms with Crippen molar-refractivity contribution in [2.24, 2.45) is 7.05 Å². The van der Waals surface area contributed by atoms with Crippen LogP contribution in [-0.2, 0) is 11.8 Å². The molecule has 2 fully saturated rings. The minimum absolute atomic E-state index is 0.154. The quantitative estimate of drug-likeness (QED) is 0.781. The van der Waals surface area contributed by atoms with Gasteiger partial charge >= 0.3 is 0 Å². The van der Waals surface area contributed by atoms with Crippen LogP contribution in [0.5, 0.6) is 5.75 Å². The number of aryl methyl sites for hydroxylation is 1. The number of amides is 3. The second-order valence-electron chi connectivity index (χ2n) is 6.78. The summed E-state index contributed by atoms with van der Waals surface area (Å²) in [6.07, 6.45) is 0.602. The lowest BCUT2D eigenvalue weighted by molar-refractivity contribution is -0.126. The van der Waals surface area contributed by atoms with Gasteiger partial charge in [0.15, 0.2) is 0 Å². The second-order valence-corrected chi connectivity index (χ2v) is 7.71. The topological polar surface area (TPSA) is 84.7 Å². The SMILES string of the molecule is COc1cccc(-c2cc(C(=O)N3CCC(N4C(=O)CSC4=O)C3)n(C)n2)c1. The third-order valence-corrected chi connectivity index (χ3v) is 5.90. The third kappa shape index (κ3) is 3.26. The molecule has 0 spiro atoms. The number of imide groups is 1. The molecule has 0 saturated carbocycles. The van der Waals surface area contributed by atoms with Crippen molar-refractivity contribution in [3.05, 3.63) is 36.0 Å². The predicted molar refractivity (Wildman–Crippen MR) is 104 cm³/mol. The van der Waals surface area contributed by atoms with Gasteiger partial charge in [-0.15, -0.1) is 0 Å². The number of rotatable bonds is 4. The molecule has 0 radical (unpaired) electrons. The Morgan fingerprint density at radius 1 is 1.29 bits per heavy atom. The number of methoxy groups -OCH3 is 1. The van der Waals surface area contributed by atoms with E-state index >= 15 is 0 Å². The van der Waals surface area contributed by atoms with Crippen molar-refractivity contribution in [3.8, 4) is 17.0 Å². The van der Waals surface area contributed by atoms with Gasteiger partial charge in [0.05, 0.1) is 24.6 Å². The van der Waals surface area contributed by atoms with Crippen LogP contribution >= 0.6 is 11.8 Å². The molecule has 2 saturated heterocycles. The summed E-state index contributed by atoms with van der Waals surface area (Å²) in [5, 5.41) is 4.24. The molecule has 2 aliphatic heterocycles. The van der Waals surface area contributed by atoms with Crippen LogP contribution in [0.2, 0.25) is 0 Å². The summed E-state index contributed by atoms with van der Waals surface area (Å²) in [6, 6.07) is 9.01. The van der Waals surface area contributed by atoms with E-state index in [-0.39, 0.29) is 28.8 Å². The maximum atomic E-state index is 13.0. The minimum Gasteiger partial charge on any atom is -0.497 e. The number of likely N-dealkylation sites (tertiary alicyclic amines) is 1. The molecule has 1 aromatic heterocycles. The van der Waals surface area contributed by atoms with Crippen LogP contribution in [0.3, 0.4) is 0 Å². The van der Waals surface area contributed by atoms with E-state index < -0.39 is 0 Å². The molecule has 1 atom stereocenters. The Morgan fingerprint density at radius 2 is 2.11 bits per heavy atom. The van der Waals surface area contributed by atoms with Crippen molar-refractivity contribution < 1.29 is 19.1 Å². The summed E-state index contributed by atoms with van der Waals surface area (Å²) < 4.78 is 6.81. The summed E-state index contributed by atoms with van der Waals surface area (Å²) in [5.41, 5.74) is 2.01. The zero-order chi connectivity index (χ0) is 19.8. The van der Waals surface area contributed by atoms with Crippen LogP contribution in [0.15, 0.2) is 30.3 Å². The Hall–Kier alpha value is -2.81. The number of ether oxygens (including phenoxy) is 1. The monoisotopic (exact) mass is 400 g/mol. The number of carbonyl (C=O) groups is 3. The maximum absolute atomic E-state index is 13.0. The maximum Gasteiger partial charge on any atom is 0.289 e. The fraction of sp³-hybridized carbons (Fsp3) is 0.368. The number of hydrogen-bond acceptors (Lipinski definition) is 6. The summed E-state index contributed by atoms with van der Waals surface area (Å²) in [6.45, 7) is 0.863. The molecule has 1 unspecified atom stereocenters. The zero-order valence-corrected chi connectivity index (χ0v) is 16.4. The van der Waals surface area contributed by atoms with E-state index in [1.807, 2.05) is 24.3 Å². The average Bonchev–Trinajstić information content (AvgIpc) is 3.40. The van der Waals surface area contributed by atoms with Crippen molar-refractivity contribution in [2.45, 2.75) is 12.5 Å². The van der Waals surface area contributed by atoms with Crippen molar-refractivity contribution in [2.75, 3.05) is 26.0 Å². The van der Waals surface area contributed by atoms with Gasteiger partial charge in [0.2, 0.25) is 5.91 Å². The Morgan fingerprint density at radius 3 is 2.82 bits per heavy atom. The van der Waals surface area contributed by atoms with Gasteiger partial charge in [-0.3, -0.25) is 24.0 Å². The number of thioether (sulfide) groups is 1.